The highest BCUT2D eigenvalue weighted by Crippen LogP contribution is 2.27. The van der Waals surface area contributed by atoms with Gasteiger partial charge in [-0.1, -0.05) is 17.7 Å². The van der Waals surface area contributed by atoms with Crippen LogP contribution in [0.1, 0.15) is 34.1 Å². The Bertz CT molecular complexity index is 466. The number of aryl methyl sites for hydroxylation is 3. The Morgan fingerprint density at radius 2 is 1.81 bits per heavy atom. The highest BCUT2D eigenvalue weighted by Gasteiger charge is 2.17. The van der Waals surface area contributed by atoms with Crippen LogP contribution >= 0.6 is 0 Å². The molecule has 0 aliphatic carbocycles. The summed E-state index contributed by atoms with van der Waals surface area (Å²) >= 11 is 0. The molecule has 3 nitrogen and oxygen atoms in total. The summed E-state index contributed by atoms with van der Waals surface area (Å²) in [6, 6.07) is 4.16. The van der Waals surface area contributed by atoms with Crippen LogP contribution in [0.15, 0.2) is 24.7 Å². The molecule has 1 unspecified atom stereocenters. The Kier molecular flexibility index (Phi) is 2.79. The average molecular weight is 216 g/mol. The molecule has 0 aliphatic heterocycles. The zero-order valence-electron chi connectivity index (χ0n) is 9.78. The first-order valence-corrected chi connectivity index (χ1v) is 5.34. The molecule has 84 valence electrons. The molecule has 3 heteroatoms. The van der Waals surface area contributed by atoms with Crippen molar-refractivity contribution in [2.24, 2.45) is 0 Å². The summed E-state index contributed by atoms with van der Waals surface area (Å²) in [6.07, 6.45) is 2.66. The van der Waals surface area contributed by atoms with Crippen molar-refractivity contribution in [2.75, 3.05) is 0 Å². The number of aliphatic hydroxyl groups excluding tert-OH is 1. The van der Waals surface area contributed by atoms with E-state index in [1.807, 2.05) is 13.8 Å². The lowest BCUT2D eigenvalue weighted by molar-refractivity contribution is 0.214. The zero-order chi connectivity index (χ0) is 11.7. The predicted octanol–water partition coefficient (Wildman–Crippen LogP) is 2.42. The van der Waals surface area contributed by atoms with Crippen LogP contribution in [0.25, 0.3) is 0 Å². The van der Waals surface area contributed by atoms with Crippen molar-refractivity contribution in [3.63, 3.8) is 0 Å². The van der Waals surface area contributed by atoms with Gasteiger partial charge in [0.15, 0.2) is 0 Å². The van der Waals surface area contributed by atoms with E-state index in [0.717, 1.165) is 16.7 Å². The number of hydrogen-bond donors (Lipinski definition) is 2. The minimum Gasteiger partial charge on any atom is -0.382 e. The molecular weight excluding hydrogens is 200 g/mol. The van der Waals surface area contributed by atoms with E-state index in [0.29, 0.717) is 5.69 Å². The highest BCUT2D eigenvalue weighted by molar-refractivity contribution is 5.41. The van der Waals surface area contributed by atoms with Gasteiger partial charge in [-0.25, -0.2) is 4.98 Å². The number of aliphatic hydroxyl groups is 1. The third-order valence-corrected chi connectivity index (χ3v) is 2.81. The number of nitrogens with zero attached hydrogens (tertiary/aromatic N) is 1. The van der Waals surface area contributed by atoms with E-state index < -0.39 is 6.10 Å². The molecule has 2 N–H and O–H groups in total. The van der Waals surface area contributed by atoms with Crippen LogP contribution in [-0.2, 0) is 0 Å². The normalized spacial score (nSPS) is 12.8. The van der Waals surface area contributed by atoms with Crippen molar-refractivity contribution < 1.29 is 5.11 Å². The number of nitrogens with one attached hydrogen (secondary N) is 1. The fourth-order valence-corrected chi connectivity index (χ4v) is 2.19. The number of imidazole rings is 1. The minimum absolute atomic E-state index is 0.646. The standard InChI is InChI=1S/C13H16N2O/c1-8-4-9(2)12(10(3)5-8)13(16)11-6-14-7-15-11/h4-7,13,16H,1-3H3,(H,14,15). The summed E-state index contributed by atoms with van der Waals surface area (Å²) in [7, 11) is 0. The van der Waals surface area contributed by atoms with Crippen LogP contribution in [-0.4, -0.2) is 15.1 Å². The van der Waals surface area contributed by atoms with Crippen LogP contribution < -0.4 is 0 Å². The summed E-state index contributed by atoms with van der Waals surface area (Å²) in [5.41, 5.74) is 5.04. The van der Waals surface area contributed by atoms with E-state index in [-0.39, 0.29) is 0 Å². The smallest absolute Gasteiger partial charge is 0.123 e. The van der Waals surface area contributed by atoms with Gasteiger partial charge in [-0.05, 0) is 37.5 Å². The molecule has 0 saturated heterocycles. The molecule has 1 heterocycles. The van der Waals surface area contributed by atoms with Crippen molar-refractivity contribution >= 4 is 0 Å². The van der Waals surface area contributed by atoms with Gasteiger partial charge in [0.25, 0.3) is 0 Å². The molecule has 1 aromatic heterocycles. The molecule has 1 atom stereocenters. The molecule has 0 saturated carbocycles. The Morgan fingerprint density at radius 1 is 1.19 bits per heavy atom. The maximum Gasteiger partial charge on any atom is 0.123 e. The lowest BCUT2D eigenvalue weighted by Gasteiger charge is -2.15. The second-order valence-electron chi connectivity index (χ2n) is 4.21. The number of H-pyrrole nitrogens is 1. The molecule has 16 heavy (non-hydrogen) atoms. The maximum atomic E-state index is 10.3. The maximum absolute atomic E-state index is 10.3. The lowest BCUT2D eigenvalue weighted by atomic mass is 9.94. The third kappa shape index (κ3) is 1.86. The molecule has 0 aliphatic rings. The molecule has 0 radical (unpaired) electrons. The van der Waals surface area contributed by atoms with Crippen LogP contribution in [0.5, 0.6) is 0 Å². The van der Waals surface area contributed by atoms with Crippen LogP contribution in [0, 0.1) is 20.8 Å². The van der Waals surface area contributed by atoms with Gasteiger partial charge in [0.2, 0.25) is 0 Å². The van der Waals surface area contributed by atoms with Crippen molar-refractivity contribution in [1.82, 2.24) is 9.97 Å². The second kappa shape index (κ2) is 4.10. The first kappa shape index (κ1) is 10.9. The van der Waals surface area contributed by atoms with Crippen LogP contribution in [0.3, 0.4) is 0 Å². The van der Waals surface area contributed by atoms with Gasteiger partial charge in [-0.3, -0.25) is 0 Å². The number of aromatic amines is 1. The summed E-state index contributed by atoms with van der Waals surface area (Å²) in [5.74, 6) is 0. The third-order valence-electron chi connectivity index (χ3n) is 2.81. The fraction of sp³-hybridized carbons (Fsp3) is 0.308. The van der Waals surface area contributed by atoms with Crippen molar-refractivity contribution in [3.05, 3.63) is 52.6 Å². The largest absolute Gasteiger partial charge is 0.382 e. The van der Waals surface area contributed by atoms with E-state index in [1.54, 1.807) is 12.5 Å². The first-order valence-electron chi connectivity index (χ1n) is 5.34. The molecule has 2 rings (SSSR count). The highest BCUT2D eigenvalue weighted by atomic mass is 16.3. The SMILES string of the molecule is Cc1cc(C)c(C(O)c2c[nH]cn2)c(C)c1. The zero-order valence-corrected chi connectivity index (χ0v) is 9.78. The molecule has 0 fully saturated rings. The summed E-state index contributed by atoms with van der Waals surface area (Å²) in [4.78, 5) is 6.95. The van der Waals surface area contributed by atoms with E-state index >= 15 is 0 Å². The molecule has 2 aromatic rings. The van der Waals surface area contributed by atoms with Crippen molar-refractivity contribution in [1.29, 1.82) is 0 Å². The van der Waals surface area contributed by atoms with Gasteiger partial charge in [0.05, 0.1) is 12.0 Å². The van der Waals surface area contributed by atoms with E-state index in [4.69, 9.17) is 0 Å². The monoisotopic (exact) mass is 216 g/mol. The molecular formula is C13H16N2O. The molecule has 0 bridgehead atoms. The number of rotatable bonds is 2. The van der Waals surface area contributed by atoms with E-state index in [1.165, 1.54) is 5.56 Å². The molecule has 0 amide bonds. The van der Waals surface area contributed by atoms with Crippen LogP contribution in [0.2, 0.25) is 0 Å². The van der Waals surface area contributed by atoms with E-state index in [2.05, 4.69) is 29.0 Å². The number of aromatic nitrogens is 2. The molecule has 1 aromatic carbocycles. The second-order valence-corrected chi connectivity index (χ2v) is 4.21. The van der Waals surface area contributed by atoms with Crippen molar-refractivity contribution in [3.8, 4) is 0 Å². The Morgan fingerprint density at radius 3 is 2.31 bits per heavy atom. The average Bonchev–Trinajstić information content (AvgIpc) is 2.67. The Labute approximate surface area is 95.2 Å². The van der Waals surface area contributed by atoms with E-state index in [9.17, 15) is 5.11 Å². The molecule has 0 spiro atoms. The van der Waals surface area contributed by atoms with Gasteiger partial charge >= 0.3 is 0 Å². The summed E-state index contributed by atoms with van der Waals surface area (Å²) in [5, 5.41) is 10.3. The van der Waals surface area contributed by atoms with Gasteiger partial charge in [-0.15, -0.1) is 0 Å². The van der Waals surface area contributed by atoms with Gasteiger partial charge < -0.3 is 10.1 Å². The van der Waals surface area contributed by atoms with Gasteiger partial charge in [0, 0.05) is 6.20 Å². The Balaban J connectivity index is 2.48. The minimum atomic E-state index is -0.646. The summed E-state index contributed by atoms with van der Waals surface area (Å²) < 4.78 is 0. The van der Waals surface area contributed by atoms with Crippen LogP contribution in [0.4, 0.5) is 0 Å². The summed E-state index contributed by atoms with van der Waals surface area (Å²) in [6.45, 7) is 6.10. The Hall–Kier alpha value is -1.61. The predicted molar refractivity (Wildman–Crippen MR) is 63.3 cm³/mol. The number of hydrogen-bond acceptors (Lipinski definition) is 2. The fourth-order valence-electron chi connectivity index (χ4n) is 2.19. The topological polar surface area (TPSA) is 48.9 Å². The number of benzene rings is 1. The lowest BCUT2D eigenvalue weighted by Crippen LogP contribution is -2.05. The first-order chi connectivity index (χ1) is 7.59. The quantitative estimate of drug-likeness (QED) is 0.810. The van der Waals surface area contributed by atoms with Gasteiger partial charge in [0.1, 0.15) is 6.10 Å². The van der Waals surface area contributed by atoms with Gasteiger partial charge in [-0.2, -0.15) is 0 Å². The van der Waals surface area contributed by atoms with Crippen molar-refractivity contribution in [2.45, 2.75) is 26.9 Å².